The van der Waals surface area contributed by atoms with Crippen LogP contribution in [-0.2, 0) is 13.6 Å². The fraction of sp³-hybridized carbons (Fsp3) is 0.714. The van der Waals surface area contributed by atoms with Gasteiger partial charge in [-0.1, -0.05) is 5.57 Å². The van der Waals surface area contributed by atoms with Crippen molar-refractivity contribution in [2.75, 3.05) is 14.2 Å². The van der Waals surface area contributed by atoms with Crippen LogP contribution < -0.4 is 0 Å². The molecule has 72 valence electrons. The Morgan fingerprint density at radius 1 is 1.42 bits per heavy atom. The van der Waals surface area contributed by atoms with Crippen molar-refractivity contribution in [3.63, 3.8) is 0 Å². The molecule has 0 aliphatic heterocycles. The van der Waals surface area contributed by atoms with E-state index >= 15 is 0 Å². The summed E-state index contributed by atoms with van der Waals surface area (Å²) >= 11 is 0. The van der Waals surface area contributed by atoms with Crippen molar-refractivity contribution in [2.45, 2.75) is 19.7 Å². The maximum absolute atomic E-state index is 11.4. The van der Waals surface area contributed by atoms with Gasteiger partial charge in [0.2, 0.25) is 0 Å². The van der Waals surface area contributed by atoms with Gasteiger partial charge in [-0.25, -0.2) is 0 Å². The number of rotatable bonds is 4. The molecule has 1 atom stereocenters. The lowest BCUT2D eigenvalue weighted by Gasteiger charge is -2.17. The summed E-state index contributed by atoms with van der Waals surface area (Å²) in [6.45, 7) is 3.58. The summed E-state index contributed by atoms with van der Waals surface area (Å²) < 4.78 is 20.6. The standard InChI is InChI=1S/C7H15O4P/c1-6(2)5-7(8)12(9,10-3)11-4/h5,7-8H,1-4H3. The maximum Gasteiger partial charge on any atom is 0.362 e. The lowest BCUT2D eigenvalue weighted by atomic mass is 10.3. The highest BCUT2D eigenvalue weighted by Crippen LogP contribution is 2.51. The van der Waals surface area contributed by atoms with E-state index in [2.05, 4.69) is 9.05 Å². The molecule has 12 heavy (non-hydrogen) atoms. The third-order valence-corrected chi connectivity index (χ3v) is 3.13. The Morgan fingerprint density at radius 2 is 1.83 bits per heavy atom. The van der Waals surface area contributed by atoms with Crippen LogP contribution in [0.1, 0.15) is 13.8 Å². The van der Waals surface area contributed by atoms with E-state index in [9.17, 15) is 9.67 Å². The number of aliphatic hydroxyl groups is 1. The quantitative estimate of drug-likeness (QED) is 0.547. The molecule has 1 N–H and O–H groups in total. The van der Waals surface area contributed by atoms with Crippen molar-refractivity contribution < 1.29 is 18.7 Å². The second kappa shape index (κ2) is 4.77. The van der Waals surface area contributed by atoms with Crippen molar-refractivity contribution in [2.24, 2.45) is 0 Å². The van der Waals surface area contributed by atoms with Crippen LogP contribution in [0.3, 0.4) is 0 Å². The molecule has 0 aliphatic rings. The third kappa shape index (κ3) is 3.07. The molecule has 0 aromatic heterocycles. The van der Waals surface area contributed by atoms with Crippen molar-refractivity contribution in [1.82, 2.24) is 0 Å². The van der Waals surface area contributed by atoms with E-state index in [0.717, 1.165) is 5.57 Å². The Kier molecular flexibility index (Phi) is 4.71. The van der Waals surface area contributed by atoms with Crippen molar-refractivity contribution >= 4 is 7.60 Å². The molecule has 4 nitrogen and oxygen atoms in total. The molecule has 0 radical (unpaired) electrons. The van der Waals surface area contributed by atoms with Crippen LogP contribution in [-0.4, -0.2) is 25.2 Å². The molecule has 0 aromatic carbocycles. The van der Waals surface area contributed by atoms with Gasteiger partial charge in [-0.15, -0.1) is 0 Å². The number of allylic oxidation sites excluding steroid dienone is 1. The molecule has 0 fully saturated rings. The summed E-state index contributed by atoms with van der Waals surface area (Å²) in [6, 6.07) is 0. The lowest BCUT2D eigenvalue weighted by molar-refractivity contribution is 0.200. The third-order valence-electron chi connectivity index (χ3n) is 1.32. The Labute approximate surface area is 72.7 Å². The van der Waals surface area contributed by atoms with E-state index < -0.39 is 13.4 Å². The molecule has 0 saturated carbocycles. The normalized spacial score (nSPS) is 14.1. The van der Waals surface area contributed by atoms with Crippen LogP contribution in [0.15, 0.2) is 11.6 Å². The lowest BCUT2D eigenvalue weighted by Crippen LogP contribution is -2.07. The summed E-state index contributed by atoms with van der Waals surface area (Å²) in [5.41, 5.74) is 0.858. The van der Waals surface area contributed by atoms with Gasteiger partial charge in [0.25, 0.3) is 0 Å². The first-order valence-electron chi connectivity index (χ1n) is 3.50. The van der Waals surface area contributed by atoms with E-state index in [0.29, 0.717) is 0 Å². The van der Waals surface area contributed by atoms with Crippen LogP contribution in [0, 0.1) is 0 Å². The van der Waals surface area contributed by atoms with Crippen LogP contribution in [0.2, 0.25) is 0 Å². The molecule has 0 amide bonds. The topological polar surface area (TPSA) is 55.8 Å². The molecule has 0 spiro atoms. The zero-order valence-corrected chi connectivity index (χ0v) is 8.67. The van der Waals surface area contributed by atoms with Crippen molar-refractivity contribution in [3.8, 4) is 0 Å². The van der Waals surface area contributed by atoms with E-state index in [1.807, 2.05) is 0 Å². The summed E-state index contributed by atoms with van der Waals surface area (Å²) in [4.78, 5) is 0. The minimum absolute atomic E-state index is 0.858. The first kappa shape index (κ1) is 11.8. The highest BCUT2D eigenvalue weighted by atomic mass is 31.2. The molecule has 0 bridgehead atoms. The first-order valence-corrected chi connectivity index (χ1v) is 5.11. The van der Waals surface area contributed by atoms with Crippen LogP contribution in [0.25, 0.3) is 0 Å². The fourth-order valence-corrected chi connectivity index (χ4v) is 1.74. The second-order valence-electron chi connectivity index (χ2n) is 2.56. The van der Waals surface area contributed by atoms with Crippen molar-refractivity contribution in [3.05, 3.63) is 11.6 Å². The average Bonchev–Trinajstić information content (AvgIpc) is 2.02. The van der Waals surface area contributed by atoms with E-state index in [1.165, 1.54) is 20.3 Å². The summed E-state index contributed by atoms with van der Waals surface area (Å²) in [7, 11) is -0.862. The molecular formula is C7H15O4P. The smallest absolute Gasteiger partial charge is 0.362 e. The second-order valence-corrected chi connectivity index (χ2v) is 4.90. The Morgan fingerprint density at radius 3 is 2.08 bits per heavy atom. The van der Waals surface area contributed by atoms with Gasteiger partial charge in [-0.05, 0) is 19.9 Å². The SMILES string of the molecule is COP(=O)(OC)C(O)C=C(C)C. The molecule has 0 heterocycles. The maximum atomic E-state index is 11.4. The van der Waals surface area contributed by atoms with Gasteiger partial charge >= 0.3 is 7.60 Å². The van der Waals surface area contributed by atoms with E-state index in [1.54, 1.807) is 13.8 Å². The number of hydrogen-bond donors (Lipinski definition) is 1. The summed E-state index contributed by atoms with van der Waals surface area (Å²) in [5, 5.41) is 9.35. The molecular weight excluding hydrogens is 179 g/mol. The van der Waals surface area contributed by atoms with Crippen molar-refractivity contribution in [1.29, 1.82) is 0 Å². The monoisotopic (exact) mass is 194 g/mol. The molecule has 0 saturated heterocycles. The molecule has 0 aromatic rings. The van der Waals surface area contributed by atoms with Gasteiger partial charge < -0.3 is 14.2 Å². The average molecular weight is 194 g/mol. The summed E-state index contributed by atoms with van der Waals surface area (Å²) in [6.07, 6.45) is 1.44. The van der Waals surface area contributed by atoms with E-state index in [-0.39, 0.29) is 0 Å². The largest absolute Gasteiger partial charge is 0.377 e. The Bertz CT molecular complexity index is 199. The molecule has 1 unspecified atom stereocenters. The highest BCUT2D eigenvalue weighted by Gasteiger charge is 2.30. The van der Waals surface area contributed by atoms with Gasteiger partial charge in [0.05, 0.1) is 0 Å². The molecule has 0 rings (SSSR count). The van der Waals surface area contributed by atoms with Gasteiger partial charge in [0.15, 0.2) is 5.85 Å². The highest BCUT2D eigenvalue weighted by molar-refractivity contribution is 7.54. The van der Waals surface area contributed by atoms with Gasteiger partial charge in [-0.2, -0.15) is 0 Å². The minimum atomic E-state index is -3.35. The van der Waals surface area contributed by atoms with Gasteiger partial charge in [0.1, 0.15) is 0 Å². The van der Waals surface area contributed by atoms with Crippen LogP contribution >= 0.6 is 7.60 Å². The van der Waals surface area contributed by atoms with Gasteiger partial charge in [-0.3, -0.25) is 4.57 Å². The Balaban J connectivity index is 4.54. The fourth-order valence-electron chi connectivity index (χ4n) is 0.680. The number of aliphatic hydroxyl groups excluding tert-OH is 1. The van der Waals surface area contributed by atoms with Crippen LogP contribution in [0.4, 0.5) is 0 Å². The zero-order valence-electron chi connectivity index (χ0n) is 7.77. The molecule has 0 aliphatic carbocycles. The predicted molar refractivity (Wildman–Crippen MR) is 47.1 cm³/mol. The molecule has 5 heteroatoms. The Hall–Kier alpha value is -0.150. The minimum Gasteiger partial charge on any atom is -0.377 e. The summed E-state index contributed by atoms with van der Waals surface area (Å²) in [5.74, 6) is -1.18. The van der Waals surface area contributed by atoms with Crippen LogP contribution in [0.5, 0.6) is 0 Å². The zero-order chi connectivity index (χ0) is 9.78. The van der Waals surface area contributed by atoms with Gasteiger partial charge in [0, 0.05) is 14.2 Å². The predicted octanol–water partition coefficient (Wildman–Crippen LogP) is 1.76. The first-order chi connectivity index (χ1) is 5.46. The van der Waals surface area contributed by atoms with E-state index in [4.69, 9.17) is 0 Å². The number of hydrogen-bond acceptors (Lipinski definition) is 4.